The summed E-state index contributed by atoms with van der Waals surface area (Å²) < 4.78 is 0. The Morgan fingerprint density at radius 3 is 2.37 bits per heavy atom. The van der Waals surface area contributed by atoms with E-state index in [0.717, 1.165) is 24.1 Å². The van der Waals surface area contributed by atoms with Gasteiger partial charge in [-0.2, -0.15) is 0 Å². The van der Waals surface area contributed by atoms with E-state index in [9.17, 15) is 14.7 Å². The maximum Gasteiger partial charge on any atom is 0.337 e. The largest absolute Gasteiger partial charge is 0.478 e. The van der Waals surface area contributed by atoms with Crippen molar-refractivity contribution in [2.24, 2.45) is 0 Å². The number of anilines is 3. The van der Waals surface area contributed by atoms with Crippen LogP contribution in [-0.4, -0.2) is 17.0 Å². The highest BCUT2D eigenvalue weighted by Gasteiger charge is 2.16. The van der Waals surface area contributed by atoms with Gasteiger partial charge in [-0.15, -0.1) is 0 Å². The molecule has 5 heteroatoms. The van der Waals surface area contributed by atoms with Crippen molar-refractivity contribution in [3.8, 4) is 11.8 Å². The van der Waals surface area contributed by atoms with Crippen molar-refractivity contribution in [1.29, 1.82) is 0 Å². The molecule has 0 aromatic heterocycles. The van der Waals surface area contributed by atoms with Gasteiger partial charge in [0.25, 0.3) is 5.91 Å². The van der Waals surface area contributed by atoms with Crippen LogP contribution in [0.1, 0.15) is 46.0 Å². The lowest BCUT2D eigenvalue weighted by atomic mass is 10.1. The molecule has 3 aromatic rings. The van der Waals surface area contributed by atoms with Gasteiger partial charge in [-0.05, 0) is 48.9 Å². The number of amides is 1. The topological polar surface area (TPSA) is 78.4 Å². The average molecular weight is 398 g/mol. The van der Waals surface area contributed by atoms with E-state index in [1.807, 2.05) is 36.4 Å². The van der Waals surface area contributed by atoms with Gasteiger partial charge in [0.2, 0.25) is 0 Å². The van der Waals surface area contributed by atoms with E-state index in [0.29, 0.717) is 11.3 Å². The number of carbonyl (C=O) groups is 2. The maximum atomic E-state index is 13.0. The fourth-order valence-corrected chi connectivity index (χ4v) is 2.86. The van der Waals surface area contributed by atoms with Gasteiger partial charge in [-0.3, -0.25) is 4.79 Å². The smallest absolute Gasteiger partial charge is 0.337 e. The standard InChI is InChI=1S/C25H22N2O3/c1-2-3-5-10-18-15-16-20(23(17-18)26-19-11-6-4-7-12-19)24(28)27-22-14-9-8-13-21(22)25(29)30/h4,6-9,11-17,26H,2-3H2,1H3,(H,27,28)(H,29,30). The molecule has 0 fully saturated rings. The van der Waals surface area contributed by atoms with Gasteiger partial charge in [0.15, 0.2) is 0 Å². The number of aromatic carboxylic acids is 1. The summed E-state index contributed by atoms with van der Waals surface area (Å²) in [5, 5.41) is 15.3. The quantitative estimate of drug-likeness (QED) is 0.477. The first kappa shape index (κ1) is 20.7. The predicted molar refractivity (Wildman–Crippen MR) is 119 cm³/mol. The second-order valence-corrected chi connectivity index (χ2v) is 6.61. The van der Waals surface area contributed by atoms with E-state index in [1.54, 1.807) is 30.3 Å². The van der Waals surface area contributed by atoms with E-state index in [2.05, 4.69) is 29.4 Å². The van der Waals surface area contributed by atoms with Crippen LogP contribution in [0, 0.1) is 11.8 Å². The molecule has 0 aliphatic carbocycles. The molecule has 0 saturated heterocycles. The summed E-state index contributed by atoms with van der Waals surface area (Å²) in [5.41, 5.74) is 2.88. The van der Waals surface area contributed by atoms with Crippen molar-refractivity contribution in [3.63, 3.8) is 0 Å². The molecular formula is C25H22N2O3. The number of carboxylic acid groups (broad SMARTS) is 1. The van der Waals surface area contributed by atoms with Crippen molar-refractivity contribution in [2.45, 2.75) is 19.8 Å². The highest BCUT2D eigenvalue weighted by atomic mass is 16.4. The number of rotatable bonds is 6. The van der Waals surface area contributed by atoms with Gasteiger partial charge >= 0.3 is 5.97 Å². The molecule has 0 saturated carbocycles. The number of carboxylic acids is 1. The molecule has 3 N–H and O–H groups in total. The minimum atomic E-state index is -1.10. The Morgan fingerprint density at radius 1 is 0.900 bits per heavy atom. The van der Waals surface area contributed by atoms with Gasteiger partial charge in [-0.1, -0.05) is 49.1 Å². The lowest BCUT2D eigenvalue weighted by Gasteiger charge is -2.14. The van der Waals surface area contributed by atoms with Crippen LogP contribution >= 0.6 is 0 Å². The van der Waals surface area contributed by atoms with Crippen LogP contribution in [0.15, 0.2) is 72.8 Å². The van der Waals surface area contributed by atoms with Gasteiger partial charge in [0, 0.05) is 17.7 Å². The molecule has 1 amide bonds. The summed E-state index contributed by atoms with van der Waals surface area (Å²) in [6, 6.07) is 21.1. The van der Waals surface area contributed by atoms with Crippen LogP contribution in [0.4, 0.5) is 17.1 Å². The Bertz CT molecular complexity index is 1110. The normalized spacial score (nSPS) is 9.90. The van der Waals surface area contributed by atoms with E-state index >= 15 is 0 Å². The first-order valence-electron chi connectivity index (χ1n) is 9.67. The number of benzene rings is 3. The number of carbonyl (C=O) groups excluding carboxylic acids is 1. The zero-order valence-electron chi connectivity index (χ0n) is 16.6. The van der Waals surface area contributed by atoms with Crippen LogP contribution in [-0.2, 0) is 0 Å². The van der Waals surface area contributed by atoms with E-state index < -0.39 is 11.9 Å². The van der Waals surface area contributed by atoms with Crippen LogP contribution < -0.4 is 10.6 Å². The molecule has 150 valence electrons. The molecule has 0 aliphatic heterocycles. The predicted octanol–water partition coefficient (Wildman–Crippen LogP) is 5.53. The summed E-state index contributed by atoms with van der Waals surface area (Å²) in [7, 11) is 0. The monoisotopic (exact) mass is 398 g/mol. The molecule has 3 aromatic carbocycles. The average Bonchev–Trinajstić information content (AvgIpc) is 2.75. The molecule has 0 heterocycles. The number of para-hydroxylation sites is 2. The lowest BCUT2D eigenvalue weighted by Crippen LogP contribution is -2.16. The van der Waals surface area contributed by atoms with Crippen molar-refractivity contribution in [1.82, 2.24) is 0 Å². The minimum absolute atomic E-state index is 0.0328. The molecule has 30 heavy (non-hydrogen) atoms. The molecule has 0 atom stereocenters. The Labute approximate surface area is 175 Å². The summed E-state index contributed by atoms with van der Waals surface area (Å²) >= 11 is 0. The number of nitrogens with one attached hydrogen (secondary N) is 2. The summed E-state index contributed by atoms with van der Waals surface area (Å²) in [6.45, 7) is 2.07. The second-order valence-electron chi connectivity index (χ2n) is 6.61. The number of unbranched alkanes of at least 4 members (excludes halogenated alkanes) is 1. The highest BCUT2D eigenvalue weighted by molar-refractivity contribution is 6.11. The third kappa shape index (κ3) is 5.27. The fourth-order valence-electron chi connectivity index (χ4n) is 2.86. The fraction of sp³-hybridized carbons (Fsp3) is 0.120. The van der Waals surface area contributed by atoms with Crippen molar-refractivity contribution < 1.29 is 14.7 Å². The Balaban J connectivity index is 1.95. The van der Waals surface area contributed by atoms with Crippen molar-refractivity contribution >= 4 is 28.9 Å². The Kier molecular flexibility index (Phi) is 6.86. The summed E-state index contributed by atoms with van der Waals surface area (Å²) in [5.74, 6) is 4.71. The van der Waals surface area contributed by atoms with Gasteiger partial charge in [0.05, 0.1) is 22.5 Å². The van der Waals surface area contributed by atoms with Gasteiger partial charge in [0.1, 0.15) is 0 Å². The first-order chi connectivity index (χ1) is 14.6. The highest BCUT2D eigenvalue weighted by Crippen LogP contribution is 2.24. The second kappa shape index (κ2) is 9.94. The minimum Gasteiger partial charge on any atom is -0.478 e. The molecular weight excluding hydrogens is 376 g/mol. The Morgan fingerprint density at radius 2 is 1.63 bits per heavy atom. The number of hydrogen-bond donors (Lipinski definition) is 3. The molecule has 5 nitrogen and oxygen atoms in total. The van der Waals surface area contributed by atoms with Crippen LogP contribution in [0.2, 0.25) is 0 Å². The maximum absolute atomic E-state index is 13.0. The van der Waals surface area contributed by atoms with Crippen LogP contribution in [0.5, 0.6) is 0 Å². The van der Waals surface area contributed by atoms with Crippen molar-refractivity contribution in [3.05, 3.63) is 89.5 Å². The third-order valence-electron chi connectivity index (χ3n) is 4.33. The first-order valence-corrected chi connectivity index (χ1v) is 9.67. The zero-order valence-corrected chi connectivity index (χ0v) is 16.6. The van der Waals surface area contributed by atoms with E-state index in [4.69, 9.17) is 0 Å². The van der Waals surface area contributed by atoms with Gasteiger partial charge in [-0.25, -0.2) is 4.79 Å². The molecule has 3 rings (SSSR count). The summed E-state index contributed by atoms with van der Waals surface area (Å²) in [4.78, 5) is 24.4. The molecule has 0 spiro atoms. The molecule has 0 unspecified atom stereocenters. The van der Waals surface area contributed by atoms with Crippen LogP contribution in [0.25, 0.3) is 0 Å². The number of hydrogen-bond acceptors (Lipinski definition) is 3. The SMILES string of the molecule is CCCC#Cc1ccc(C(=O)Nc2ccccc2C(=O)O)c(Nc2ccccc2)c1. The van der Waals surface area contributed by atoms with Crippen molar-refractivity contribution in [2.75, 3.05) is 10.6 Å². The molecule has 0 radical (unpaired) electrons. The molecule has 0 bridgehead atoms. The third-order valence-corrected chi connectivity index (χ3v) is 4.33. The van der Waals surface area contributed by atoms with E-state index in [1.165, 1.54) is 6.07 Å². The summed E-state index contributed by atoms with van der Waals surface area (Å²) in [6.07, 6.45) is 1.78. The Hall–Kier alpha value is -4.04. The van der Waals surface area contributed by atoms with Crippen LogP contribution in [0.3, 0.4) is 0 Å². The lowest BCUT2D eigenvalue weighted by molar-refractivity contribution is 0.0698. The zero-order chi connectivity index (χ0) is 21.3. The van der Waals surface area contributed by atoms with Gasteiger partial charge < -0.3 is 15.7 Å². The van der Waals surface area contributed by atoms with E-state index in [-0.39, 0.29) is 11.3 Å². The molecule has 0 aliphatic rings.